The van der Waals surface area contributed by atoms with Crippen molar-refractivity contribution >= 4 is 17.4 Å². The Morgan fingerprint density at radius 1 is 1.19 bits per heavy atom. The number of hydrogen-bond donors (Lipinski definition) is 0. The van der Waals surface area contributed by atoms with Crippen LogP contribution in [0.3, 0.4) is 0 Å². The number of ether oxygens (including phenoxy) is 2. The maximum Gasteiger partial charge on any atom is 0.273 e. The molecule has 1 heterocycles. The van der Waals surface area contributed by atoms with E-state index in [0.717, 1.165) is 11.3 Å². The molecule has 0 N–H and O–H groups in total. The molecule has 0 unspecified atom stereocenters. The van der Waals surface area contributed by atoms with E-state index in [4.69, 9.17) is 9.47 Å². The van der Waals surface area contributed by atoms with Crippen LogP contribution in [0.25, 0.3) is 0 Å². The first kappa shape index (κ1) is 18.6. The van der Waals surface area contributed by atoms with Gasteiger partial charge in [0, 0.05) is 11.8 Å². The summed E-state index contributed by atoms with van der Waals surface area (Å²) >= 11 is 1.45. The van der Waals surface area contributed by atoms with E-state index in [1.165, 1.54) is 23.9 Å². The number of nitrogens with zero attached hydrogens (tertiary/aromatic N) is 5. The van der Waals surface area contributed by atoms with Gasteiger partial charge in [0.15, 0.2) is 0 Å². The minimum absolute atomic E-state index is 0.00332. The summed E-state index contributed by atoms with van der Waals surface area (Å²) in [7, 11) is 1.63. The Hall–Kier alpha value is -3.14. The minimum Gasteiger partial charge on any atom is -0.497 e. The topological polar surface area (TPSA) is 105 Å². The lowest BCUT2D eigenvalue weighted by atomic mass is 10.2. The van der Waals surface area contributed by atoms with Gasteiger partial charge in [-0.1, -0.05) is 30.0 Å². The Bertz CT molecular complexity index is 900. The van der Waals surface area contributed by atoms with Crippen molar-refractivity contribution in [1.82, 2.24) is 20.2 Å². The average molecular weight is 387 g/mol. The molecule has 2 aromatic carbocycles. The quantitative estimate of drug-likeness (QED) is 0.239. The first-order valence-corrected chi connectivity index (χ1v) is 9.03. The molecule has 10 heteroatoms. The Balaban J connectivity index is 1.51. The van der Waals surface area contributed by atoms with E-state index in [2.05, 4.69) is 15.5 Å². The van der Waals surface area contributed by atoms with Gasteiger partial charge in [-0.2, -0.15) is 0 Å². The fourth-order valence-corrected chi connectivity index (χ4v) is 2.98. The van der Waals surface area contributed by atoms with Crippen LogP contribution in [0.2, 0.25) is 0 Å². The molecule has 0 saturated heterocycles. The van der Waals surface area contributed by atoms with Crippen LogP contribution in [-0.4, -0.2) is 44.6 Å². The summed E-state index contributed by atoms with van der Waals surface area (Å²) in [5.74, 6) is 1.86. The maximum absolute atomic E-state index is 10.8. The van der Waals surface area contributed by atoms with E-state index >= 15 is 0 Å². The van der Waals surface area contributed by atoms with Gasteiger partial charge in [-0.25, -0.2) is 4.68 Å². The van der Waals surface area contributed by atoms with Crippen LogP contribution < -0.4 is 9.47 Å². The zero-order chi connectivity index (χ0) is 19.1. The van der Waals surface area contributed by atoms with E-state index in [1.54, 1.807) is 23.9 Å². The van der Waals surface area contributed by atoms with E-state index < -0.39 is 4.92 Å². The van der Waals surface area contributed by atoms with Crippen molar-refractivity contribution < 1.29 is 14.4 Å². The monoisotopic (exact) mass is 387 g/mol. The van der Waals surface area contributed by atoms with E-state index in [1.807, 2.05) is 24.3 Å². The van der Waals surface area contributed by atoms with Gasteiger partial charge in [-0.3, -0.25) is 10.1 Å². The number of thioether (sulfide) groups is 1. The summed E-state index contributed by atoms with van der Waals surface area (Å²) < 4.78 is 12.4. The van der Waals surface area contributed by atoms with Gasteiger partial charge in [-0.15, -0.1) is 5.10 Å². The first-order valence-electron chi connectivity index (χ1n) is 8.05. The number of non-ortho nitro benzene ring substituents is 1. The second-order valence-electron chi connectivity index (χ2n) is 5.42. The Morgan fingerprint density at radius 3 is 2.74 bits per heavy atom. The molecule has 0 spiro atoms. The fourth-order valence-electron chi connectivity index (χ4n) is 2.28. The highest BCUT2D eigenvalue weighted by atomic mass is 32.2. The number of aromatic nitrogens is 4. The van der Waals surface area contributed by atoms with Crippen molar-refractivity contribution in [3.63, 3.8) is 0 Å². The Labute approximate surface area is 159 Å². The van der Waals surface area contributed by atoms with Gasteiger partial charge >= 0.3 is 0 Å². The summed E-state index contributed by atoms with van der Waals surface area (Å²) in [6.07, 6.45) is 0. The maximum atomic E-state index is 10.8. The largest absolute Gasteiger partial charge is 0.497 e. The molecule has 0 atom stereocenters. The molecule has 0 radical (unpaired) electrons. The first-order chi connectivity index (χ1) is 13.2. The molecule has 0 bridgehead atoms. The molecule has 0 aliphatic heterocycles. The average Bonchev–Trinajstić information content (AvgIpc) is 3.13. The molecule has 140 valence electrons. The highest BCUT2D eigenvalue weighted by Crippen LogP contribution is 2.20. The van der Waals surface area contributed by atoms with Crippen LogP contribution in [0.4, 0.5) is 5.69 Å². The SMILES string of the molecule is COc1ccc(Cn2nnnc2SCCOc2cccc([N+](=O)[O-])c2)cc1. The molecule has 3 aromatic rings. The smallest absolute Gasteiger partial charge is 0.273 e. The van der Waals surface area contributed by atoms with Gasteiger partial charge in [0.25, 0.3) is 5.69 Å². The van der Waals surface area contributed by atoms with E-state index in [0.29, 0.717) is 29.8 Å². The van der Waals surface area contributed by atoms with Gasteiger partial charge in [0.2, 0.25) is 5.16 Å². The van der Waals surface area contributed by atoms with Crippen LogP contribution in [0, 0.1) is 10.1 Å². The van der Waals surface area contributed by atoms with Crippen molar-refractivity contribution in [3.05, 3.63) is 64.2 Å². The highest BCUT2D eigenvalue weighted by molar-refractivity contribution is 7.99. The molecular weight excluding hydrogens is 370 g/mol. The highest BCUT2D eigenvalue weighted by Gasteiger charge is 2.09. The van der Waals surface area contributed by atoms with Gasteiger partial charge in [0.05, 0.1) is 31.3 Å². The molecular formula is C17H17N5O4S. The fraction of sp³-hybridized carbons (Fsp3) is 0.235. The number of nitro groups is 1. The van der Waals surface area contributed by atoms with Crippen molar-refractivity contribution in [3.8, 4) is 11.5 Å². The number of tetrazole rings is 1. The summed E-state index contributed by atoms with van der Waals surface area (Å²) in [6.45, 7) is 0.923. The lowest BCUT2D eigenvalue weighted by Gasteiger charge is -2.07. The number of benzene rings is 2. The third-order valence-corrected chi connectivity index (χ3v) is 4.52. The summed E-state index contributed by atoms with van der Waals surface area (Å²) in [5, 5.41) is 23.2. The molecule has 0 aliphatic rings. The summed E-state index contributed by atoms with van der Waals surface area (Å²) in [4.78, 5) is 10.3. The second kappa shape index (κ2) is 8.99. The van der Waals surface area contributed by atoms with Crippen molar-refractivity contribution in [2.45, 2.75) is 11.7 Å². The number of methoxy groups -OCH3 is 1. The Morgan fingerprint density at radius 2 is 2.00 bits per heavy atom. The van der Waals surface area contributed by atoms with Crippen LogP contribution >= 0.6 is 11.8 Å². The standard InChI is InChI=1S/C17H17N5O4S/c1-25-15-7-5-13(6-8-15)12-21-17(18-19-20-21)27-10-9-26-16-4-2-3-14(11-16)22(23)24/h2-8,11H,9-10,12H2,1H3. The molecule has 3 rings (SSSR count). The zero-order valence-electron chi connectivity index (χ0n) is 14.5. The zero-order valence-corrected chi connectivity index (χ0v) is 15.3. The lowest BCUT2D eigenvalue weighted by molar-refractivity contribution is -0.384. The van der Waals surface area contributed by atoms with Crippen molar-refractivity contribution in [2.24, 2.45) is 0 Å². The van der Waals surface area contributed by atoms with Crippen LogP contribution in [0.1, 0.15) is 5.56 Å². The molecule has 0 fully saturated rings. The Kier molecular flexibility index (Phi) is 6.21. The molecule has 1 aromatic heterocycles. The van der Waals surface area contributed by atoms with Gasteiger partial charge in [-0.05, 0) is 34.2 Å². The number of hydrogen-bond acceptors (Lipinski definition) is 8. The molecule has 0 saturated carbocycles. The molecule has 0 aliphatic carbocycles. The summed E-state index contributed by atoms with van der Waals surface area (Å²) in [5.41, 5.74) is 1.06. The minimum atomic E-state index is -0.449. The van der Waals surface area contributed by atoms with Gasteiger partial charge < -0.3 is 9.47 Å². The van der Waals surface area contributed by atoms with Crippen molar-refractivity contribution in [1.29, 1.82) is 0 Å². The van der Waals surface area contributed by atoms with E-state index in [-0.39, 0.29) is 5.69 Å². The van der Waals surface area contributed by atoms with Crippen LogP contribution in [0.5, 0.6) is 11.5 Å². The normalized spacial score (nSPS) is 10.6. The van der Waals surface area contributed by atoms with E-state index in [9.17, 15) is 10.1 Å². The molecule has 0 amide bonds. The molecule has 9 nitrogen and oxygen atoms in total. The molecule has 27 heavy (non-hydrogen) atoms. The van der Waals surface area contributed by atoms with Gasteiger partial charge in [0.1, 0.15) is 11.5 Å². The second-order valence-corrected chi connectivity index (χ2v) is 6.48. The number of rotatable bonds is 9. The predicted molar refractivity (Wildman–Crippen MR) is 99.2 cm³/mol. The van der Waals surface area contributed by atoms with Crippen molar-refractivity contribution in [2.75, 3.05) is 19.5 Å². The number of nitro benzene ring substituents is 1. The third-order valence-electron chi connectivity index (χ3n) is 3.60. The third kappa shape index (κ3) is 5.17. The lowest BCUT2D eigenvalue weighted by Crippen LogP contribution is -2.06. The van der Waals surface area contributed by atoms with Crippen LogP contribution in [0.15, 0.2) is 53.7 Å². The predicted octanol–water partition coefficient (Wildman–Crippen LogP) is 2.81. The summed E-state index contributed by atoms with van der Waals surface area (Å²) in [6, 6.07) is 13.8. The van der Waals surface area contributed by atoms with Crippen LogP contribution in [-0.2, 0) is 6.54 Å².